The van der Waals surface area contributed by atoms with Crippen molar-refractivity contribution >= 4 is 33.5 Å². The van der Waals surface area contributed by atoms with Crippen LogP contribution in [0.25, 0.3) is 21.9 Å². The zero-order valence-electron chi connectivity index (χ0n) is 21.2. The molecule has 1 fully saturated rings. The number of hydrogen-bond donors (Lipinski definition) is 4. The van der Waals surface area contributed by atoms with Crippen LogP contribution in [0.15, 0.2) is 57.7 Å². The molecular formula is C27H28N2O9. The molecule has 200 valence electrons. The maximum atomic E-state index is 12.8. The number of fused-ring (bicyclic) bond motifs is 2. The van der Waals surface area contributed by atoms with Gasteiger partial charge in [-0.2, -0.15) is 0 Å². The van der Waals surface area contributed by atoms with Crippen molar-refractivity contribution < 1.29 is 38.4 Å². The number of carbonyl (C=O) groups excluding carboxylic acids is 1. The summed E-state index contributed by atoms with van der Waals surface area (Å²) in [5.41, 5.74) is -0.685. The van der Waals surface area contributed by atoms with E-state index in [1.165, 1.54) is 20.3 Å². The molecule has 0 unspecified atom stereocenters. The number of H-pyrrole nitrogens is 1. The lowest BCUT2D eigenvalue weighted by Crippen LogP contribution is -2.63. The van der Waals surface area contributed by atoms with Gasteiger partial charge in [0.25, 0.3) is 5.91 Å². The van der Waals surface area contributed by atoms with Crippen molar-refractivity contribution in [2.24, 2.45) is 0 Å². The molecule has 0 radical (unpaired) electrons. The van der Waals surface area contributed by atoms with Gasteiger partial charge in [-0.15, -0.1) is 0 Å². The van der Waals surface area contributed by atoms with E-state index in [0.717, 1.165) is 10.9 Å². The molecule has 0 bridgehead atoms. The van der Waals surface area contributed by atoms with Crippen LogP contribution >= 0.6 is 0 Å². The summed E-state index contributed by atoms with van der Waals surface area (Å²) in [7, 11) is 2.78. The van der Waals surface area contributed by atoms with Gasteiger partial charge in [0.1, 0.15) is 29.7 Å². The van der Waals surface area contributed by atoms with E-state index in [-0.39, 0.29) is 22.8 Å². The molecule has 0 spiro atoms. The summed E-state index contributed by atoms with van der Waals surface area (Å²) in [6.07, 6.45) is -4.75. The summed E-state index contributed by atoms with van der Waals surface area (Å²) < 4.78 is 28.0. The Morgan fingerprint density at radius 2 is 1.82 bits per heavy atom. The molecule has 1 aliphatic rings. The molecule has 4 atom stereocenters. The number of aliphatic hydroxyl groups is 2. The molecule has 3 heterocycles. The van der Waals surface area contributed by atoms with Crippen molar-refractivity contribution in [1.82, 2.24) is 4.98 Å². The maximum Gasteiger partial charge on any atom is 0.360 e. The number of nitrogens with one attached hydrogen (secondary N) is 2. The van der Waals surface area contributed by atoms with Crippen LogP contribution in [0, 0.1) is 0 Å². The van der Waals surface area contributed by atoms with E-state index in [4.69, 9.17) is 23.4 Å². The Bertz CT molecular complexity index is 1520. The number of hydrogen-bond acceptors (Lipinski definition) is 9. The number of aliphatic hydroxyl groups excluding tert-OH is 2. The molecule has 4 aromatic rings. The number of aromatic nitrogens is 1. The summed E-state index contributed by atoms with van der Waals surface area (Å²) >= 11 is 0. The zero-order valence-corrected chi connectivity index (χ0v) is 21.2. The number of benzene rings is 2. The smallest absolute Gasteiger partial charge is 0.360 e. The minimum atomic E-state index is -1.43. The number of amides is 1. The van der Waals surface area contributed by atoms with Crippen molar-refractivity contribution in [3.8, 4) is 11.5 Å². The Kier molecular flexibility index (Phi) is 6.61. The van der Waals surface area contributed by atoms with Crippen LogP contribution in [-0.4, -0.2) is 65.5 Å². The Morgan fingerprint density at radius 3 is 2.53 bits per heavy atom. The third-order valence-corrected chi connectivity index (χ3v) is 6.59. The highest BCUT2D eigenvalue weighted by Gasteiger charge is 2.50. The molecule has 11 nitrogen and oxygen atoms in total. The van der Waals surface area contributed by atoms with E-state index in [9.17, 15) is 19.8 Å². The largest absolute Gasteiger partial charge is 0.490 e. The van der Waals surface area contributed by atoms with E-state index in [1.54, 1.807) is 32.0 Å². The monoisotopic (exact) mass is 524 g/mol. The molecule has 11 heteroatoms. The number of carbonyl (C=O) groups is 1. The third-order valence-electron chi connectivity index (χ3n) is 6.59. The lowest BCUT2D eigenvalue weighted by molar-refractivity contribution is -0.306. The van der Waals surface area contributed by atoms with Gasteiger partial charge in [-0.1, -0.05) is 18.2 Å². The van der Waals surface area contributed by atoms with Gasteiger partial charge in [0.15, 0.2) is 11.3 Å². The second-order valence-corrected chi connectivity index (χ2v) is 9.53. The average molecular weight is 525 g/mol. The van der Waals surface area contributed by atoms with Gasteiger partial charge in [-0.3, -0.25) is 4.79 Å². The summed E-state index contributed by atoms with van der Waals surface area (Å²) in [6, 6.07) is 13.7. The van der Waals surface area contributed by atoms with Crippen LogP contribution in [-0.2, 0) is 9.47 Å². The summed E-state index contributed by atoms with van der Waals surface area (Å²) in [6.45, 7) is 3.41. The Labute approximate surface area is 216 Å². The fourth-order valence-electron chi connectivity index (χ4n) is 4.73. The first kappa shape index (κ1) is 25.7. The standard InChI is InChI=1S/C27H28N2O9/c1-27(2)23(35-4)19(30)20(31)26(38-27)36-18-10-9-14-12-17(25(33)37-21(14)22(18)34-3)29-24(32)16-11-13-7-5-6-8-15(13)28-16/h5-12,19-20,23,26,28,30-31H,1-4H3,(H,29,32)/t19-,20-,23+,26+/m0/s1. The first-order valence-corrected chi connectivity index (χ1v) is 11.9. The highest BCUT2D eigenvalue weighted by atomic mass is 16.7. The van der Waals surface area contributed by atoms with E-state index in [1.807, 2.05) is 24.3 Å². The van der Waals surface area contributed by atoms with Crippen molar-refractivity contribution in [3.05, 3.63) is 64.6 Å². The third kappa shape index (κ3) is 4.50. The predicted molar refractivity (Wildman–Crippen MR) is 138 cm³/mol. The van der Waals surface area contributed by atoms with E-state index >= 15 is 0 Å². The van der Waals surface area contributed by atoms with Gasteiger partial charge >= 0.3 is 5.63 Å². The molecule has 2 aromatic heterocycles. The fourth-order valence-corrected chi connectivity index (χ4v) is 4.73. The number of methoxy groups -OCH3 is 2. The molecule has 2 aromatic carbocycles. The van der Waals surface area contributed by atoms with Gasteiger partial charge in [0, 0.05) is 23.4 Å². The first-order chi connectivity index (χ1) is 18.1. The number of rotatable bonds is 6. The second-order valence-electron chi connectivity index (χ2n) is 9.53. The van der Waals surface area contributed by atoms with Gasteiger partial charge < -0.3 is 43.9 Å². The highest BCUT2D eigenvalue weighted by molar-refractivity contribution is 6.06. The number of ether oxygens (including phenoxy) is 4. The Hall–Kier alpha value is -3.90. The van der Waals surface area contributed by atoms with Crippen LogP contribution in [0.3, 0.4) is 0 Å². The Morgan fingerprint density at radius 1 is 1.05 bits per heavy atom. The van der Waals surface area contributed by atoms with Gasteiger partial charge in [0.2, 0.25) is 12.0 Å². The average Bonchev–Trinajstić information content (AvgIpc) is 3.32. The van der Waals surface area contributed by atoms with Crippen LogP contribution in [0.4, 0.5) is 5.69 Å². The molecule has 1 aliphatic heterocycles. The quantitative estimate of drug-likeness (QED) is 0.279. The van der Waals surface area contributed by atoms with Crippen LogP contribution in [0.5, 0.6) is 11.5 Å². The second kappa shape index (κ2) is 9.76. The summed E-state index contributed by atoms with van der Waals surface area (Å²) in [5, 5.41) is 25.0. The van der Waals surface area contributed by atoms with Crippen LogP contribution < -0.4 is 20.4 Å². The molecular weight excluding hydrogens is 496 g/mol. The molecule has 38 heavy (non-hydrogen) atoms. The summed E-state index contributed by atoms with van der Waals surface area (Å²) in [4.78, 5) is 28.6. The van der Waals surface area contributed by atoms with Crippen molar-refractivity contribution in [2.45, 2.75) is 44.1 Å². The van der Waals surface area contributed by atoms with Crippen molar-refractivity contribution in [2.75, 3.05) is 19.5 Å². The molecule has 0 saturated carbocycles. The number of para-hydroxylation sites is 1. The van der Waals surface area contributed by atoms with Crippen molar-refractivity contribution in [1.29, 1.82) is 0 Å². The van der Waals surface area contributed by atoms with Crippen LogP contribution in [0.2, 0.25) is 0 Å². The first-order valence-electron chi connectivity index (χ1n) is 11.9. The van der Waals surface area contributed by atoms with Crippen molar-refractivity contribution in [3.63, 3.8) is 0 Å². The lowest BCUT2D eigenvalue weighted by atomic mass is 9.89. The number of anilines is 1. The SMILES string of the molecule is COc1c(O[C@@H]2OC(C)(C)[C@H](OC)[C@@H](O)[C@@H]2O)ccc2cc(NC(=O)c3cc4ccccc4[nH]3)c(=O)oc12. The molecule has 4 N–H and O–H groups in total. The van der Waals surface area contributed by atoms with Gasteiger partial charge in [-0.25, -0.2) is 4.79 Å². The minimum absolute atomic E-state index is 0.0570. The van der Waals surface area contributed by atoms with E-state index in [0.29, 0.717) is 11.1 Å². The predicted octanol–water partition coefficient (Wildman–Crippen LogP) is 2.79. The van der Waals surface area contributed by atoms with E-state index < -0.39 is 41.7 Å². The topological polar surface area (TPSA) is 152 Å². The fraction of sp³-hybridized carbons (Fsp3) is 0.333. The lowest BCUT2D eigenvalue weighted by Gasteiger charge is -2.46. The minimum Gasteiger partial charge on any atom is -0.490 e. The summed E-state index contributed by atoms with van der Waals surface area (Å²) in [5.74, 6) is -0.315. The normalized spacial score (nSPS) is 22.9. The molecule has 0 aliphatic carbocycles. The number of aromatic amines is 1. The highest BCUT2D eigenvalue weighted by Crippen LogP contribution is 2.39. The van der Waals surface area contributed by atoms with Gasteiger partial charge in [-0.05, 0) is 44.2 Å². The molecule has 5 rings (SSSR count). The Balaban J connectivity index is 1.43. The maximum absolute atomic E-state index is 12.8. The van der Waals surface area contributed by atoms with Crippen LogP contribution in [0.1, 0.15) is 24.3 Å². The molecule has 1 amide bonds. The van der Waals surface area contributed by atoms with Gasteiger partial charge in [0.05, 0.1) is 12.7 Å². The zero-order chi connectivity index (χ0) is 27.2. The van der Waals surface area contributed by atoms with E-state index in [2.05, 4.69) is 10.3 Å². The molecule has 1 saturated heterocycles.